The van der Waals surface area contributed by atoms with Crippen LogP contribution in [0.5, 0.6) is 0 Å². The lowest BCUT2D eigenvalue weighted by Gasteiger charge is -2.03. The predicted octanol–water partition coefficient (Wildman–Crippen LogP) is 4.38. The summed E-state index contributed by atoms with van der Waals surface area (Å²) in [5.74, 6) is 0.302. The van der Waals surface area contributed by atoms with E-state index in [4.69, 9.17) is 11.6 Å². The minimum atomic E-state index is -0.408. The molecule has 0 radical (unpaired) electrons. The van der Waals surface area contributed by atoms with Gasteiger partial charge in [0, 0.05) is 18.5 Å². The molecule has 1 amide bonds. The number of rotatable bonds is 3. The van der Waals surface area contributed by atoms with Crippen molar-refractivity contribution < 1.29 is 9.18 Å². The SMILES string of the molecule is CC(=O)Nc1nc([C@H]2[C@H](c3ccc(F)c(Cl)c3)C2(C)C)c(C)[nH]1. The summed E-state index contributed by atoms with van der Waals surface area (Å²) in [5.41, 5.74) is 2.87. The van der Waals surface area contributed by atoms with Gasteiger partial charge < -0.3 is 4.98 Å². The Morgan fingerprint density at radius 2 is 2.09 bits per heavy atom. The Labute approximate surface area is 139 Å². The van der Waals surface area contributed by atoms with Gasteiger partial charge in [0.2, 0.25) is 11.9 Å². The third-order valence-corrected chi connectivity index (χ3v) is 4.93. The zero-order valence-electron chi connectivity index (χ0n) is 13.5. The molecule has 2 atom stereocenters. The van der Waals surface area contributed by atoms with Crippen molar-refractivity contribution in [1.29, 1.82) is 0 Å². The normalized spacial score (nSPS) is 22.0. The van der Waals surface area contributed by atoms with Gasteiger partial charge in [-0.3, -0.25) is 10.1 Å². The van der Waals surface area contributed by atoms with Gasteiger partial charge in [0.05, 0.1) is 10.7 Å². The predicted molar refractivity (Wildman–Crippen MR) is 88.3 cm³/mol. The lowest BCUT2D eigenvalue weighted by molar-refractivity contribution is -0.114. The summed E-state index contributed by atoms with van der Waals surface area (Å²) in [6, 6.07) is 4.88. The Morgan fingerprint density at radius 3 is 2.70 bits per heavy atom. The molecule has 23 heavy (non-hydrogen) atoms. The molecule has 1 fully saturated rings. The highest BCUT2D eigenvalue weighted by atomic mass is 35.5. The molecule has 4 nitrogen and oxygen atoms in total. The molecule has 1 aromatic carbocycles. The Bertz CT molecular complexity index is 784. The van der Waals surface area contributed by atoms with Crippen molar-refractivity contribution in [3.8, 4) is 0 Å². The van der Waals surface area contributed by atoms with Crippen LogP contribution in [0.25, 0.3) is 0 Å². The topological polar surface area (TPSA) is 57.8 Å². The Balaban J connectivity index is 1.93. The second-order valence-corrected chi connectivity index (χ2v) is 7.13. The van der Waals surface area contributed by atoms with Gasteiger partial charge in [0.1, 0.15) is 5.82 Å². The van der Waals surface area contributed by atoms with Crippen molar-refractivity contribution in [2.45, 2.75) is 39.5 Å². The second-order valence-electron chi connectivity index (χ2n) is 6.73. The van der Waals surface area contributed by atoms with E-state index in [1.165, 1.54) is 13.0 Å². The summed E-state index contributed by atoms with van der Waals surface area (Å²) in [7, 11) is 0. The zero-order valence-corrected chi connectivity index (χ0v) is 14.3. The maximum atomic E-state index is 13.4. The number of hydrogen-bond donors (Lipinski definition) is 2. The molecule has 2 N–H and O–H groups in total. The van der Waals surface area contributed by atoms with Gasteiger partial charge in [-0.25, -0.2) is 9.37 Å². The Morgan fingerprint density at radius 1 is 1.39 bits per heavy atom. The highest BCUT2D eigenvalue weighted by molar-refractivity contribution is 6.30. The average Bonchev–Trinajstić information content (AvgIpc) is 2.81. The van der Waals surface area contributed by atoms with Gasteiger partial charge in [-0.1, -0.05) is 31.5 Å². The van der Waals surface area contributed by atoms with E-state index < -0.39 is 5.82 Å². The van der Waals surface area contributed by atoms with Crippen LogP contribution in [-0.2, 0) is 4.79 Å². The minimum Gasteiger partial charge on any atom is -0.328 e. The number of aryl methyl sites for hydroxylation is 1. The molecule has 1 saturated carbocycles. The number of nitrogens with zero attached hydrogens (tertiary/aromatic N) is 1. The maximum absolute atomic E-state index is 13.4. The van der Waals surface area contributed by atoms with Crippen LogP contribution in [0, 0.1) is 18.2 Å². The lowest BCUT2D eigenvalue weighted by Crippen LogP contribution is -2.07. The van der Waals surface area contributed by atoms with E-state index in [1.54, 1.807) is 12.1 Å². The zero-order chi connectivity index (χ0) is 16.9. The van der Waals surface area contributed by atoms with Crippen LogP contribution in [0.2, 0.25) is 5.02 Å². The molecule has 0 saturated heterocycles. The highest BCUT2D eigenvalue weighted by Gasteiger charge is 2.60. The summed E-state index contributed by atoms with van der Waals surface area (Å²) in [5, 5.41) is 2.81. The van der Waals surface area contributed by atoms with Gasteiger partial charge in [-0.15, -0.1) is 0 Å². The van der Waals surface area contributed by atoms with Gasteiger partial charge in [-0.2, -0.15) is 0 Å². The van der Waals surface area contributed by atoms with E-state index in [0.717, 1.165) is 17.0 Å². The first-order chi connectivity index (χ1) is 10.7. The van der Waals surface area contributed by atoms with E-state index in [-0.39, 0.29) is 28.2 Å². The molecule has 2 aromatic rings. The first kappa shape index (κ1) is 16.0. The first-order valence-corrected chi connectivity index (χ1v) is 7.88. The summed E-state index contributed by atoms with van der Waals surface area (Å²) < 4.78 is 13.4. The lowest BCUT2D eigenvalue weighted by atomic mass is 10.0. The number of carbonyl (C=O) groups is 1. The van der Waals surface area contributed by atoms with E-state index in [0.29, 0.717) is 5.95 Å². The van der Waals surface area contributed by atoms with Gasteiger partial charge in [-0.05, 0) is 36.0 Å². The van der Waals surface area contributed by atoms with Crippen LogP contribution in [0.4, 0.5) is 10.3 Å². The average molecular weight is 336 g/mol. The van der Waals surface area contributed by atoms with E-state index in [9.17, 15) is 9.18 Å². The molecule has 1 aromatic heterocycles. The number of nitrogens with one attached hydrogen (secondary N) is 2. The monoisotopic (exact) mass is 335 g/mol. The van der Waals surface area contributed by atoms with Crippen LogP contribution in [0.15, 0.2) is 18.2 Å². The number of aromatic nitrogens is 2. The molecule has 1 aliphatic rings. The van der Waals surface area contributed by atoms with E-state index >= 15 is 0 Å². The summed E-state index contributed by atoms with van der Waals surface area (Å²) in [6.07, 6.45) is 0. The molecule has 0 aliphatic heterocycles. The number of amides is 1. The minimum absolute atomic E-state index is 0.00535. The molecular weight excluding hydrogens is 317 g/mol. The molecule has 3 rings (SSSR count). The van der Waals surface area contributed by atoms with Crippen molar-refractivity contribution in [3.05, 3.63) is 46.0 Å². The van der Waals surface area contributed by atoms with Crippen molar-refractivity contribution in [3.63, 3.8) is 0 Å². The fraction of sp³-hybridized carbons (Fsp3) is 0.412. The Hall–Kier alpha value is -1.88. The number of halogens is 2. The fourth-order valence-electron chi connectivity index (χ4n) is 3.48. The number of aromatic amines is 1. The first-order valence-electron chi connectivity index (χ1n) is 7.51. The largest absolute Gasteiger partial charge is 0.328 e. The number of carbonyl (C=O) groups excluding carboxylic acids is 1. The van der Waals surface area contributed by atoms with Crippen LogP contribution >= 0.6 is 11.6 Å². The van der Waals surface area contributed by atoms with Crippen molar-refractivity contribution in [2.75, 3.05) is 5.32 Å². The number of anilines is 1. The molecule has 1 aliphatic carbocycles. The van der Waals surface area contributed by atoms with Crippen molar-refractivity contribution in [1.82, 2.24) is 9.97 Å². The molecule has 122 valence electrons. The molecule has 1 heterocycles. The number of H-pyrrole nitrogens is 1. The molecule has 0 bridgehead atoms. The molecule has 0 unspecified atom stereocenters. The van der Waals surface area contributed by atoms with Gasteiger partial charge >= 0.3 is 0 Å². The third kappa shape index (κ3) is 2.74. The number of imidazole rings is 1. The smallest absolute Gasteiger partial charge is 0.223 e. The number of benzene rings is 1. The van der Waals surface area contributed by atoms with Crippen molar-refractivity contribution in [2.24, 2.45) is 5.41 Å². The maximum Gasteiger partial charge on any atom is 0.223 e. The Kier molecular flexibility index (Phi) is 3.71. The van der Waals surface area contributed by atoms with Gasteiger partial charge in [0.15, 0.2) is 0 Å². The van der Waals surface area contributed by atoms with Gasteiger partial charge in [0.25, 0.3) is 0 Å². The van der Waals surface area contributed by atoms with Crippen LogP contribution in [0.1, 0.15) is 49.6 Å². The van der Waals surface area contributed by atoms with Crippen LogP contribution in [0.3, 0.4) is 0 Å². The molecular formula is C17H19ClFN3O. The number of hydrogen-bond acceptors (Lipinski definition) is 2. The fourth-order valence-corrected chi connectivity index (χ4v) is 3.67. The molecule has 6 heteroatoms. The van der Waals surface area contributed by atoms with Crippen molar-refractivity contribution >= 4 is 23.5 Å². The highest BCUT2D eigenvalue weighted by Crippen LogP contribution is 2.70. The quantitative estimate of drug-likeness (QED) is 0.874. The van der Waals surface area contributed by atoms with Crippen LogP contribution in [-0.4, -0.2) is 15.9 Å². The standard InChI is InChI=1S/C17H19ClFN3O/c1-8-15(22-16(20-8)21-9(2)23)14-13(17(14,3)4)10-5-6-12(19)11(18)7-10/h5-7,13-14H,1-4H3,(H2,20,21,22,23)/t13-,14+/m0/s1. The third-order valence-electron chi connectivity index (χ3n) is 4.64. The van der Waals surface area contributed by atoms with E-state index in [2.05, 4.69) is 29.1 Å². The molecule has 0 spiro atoms. The summed E-state index contributed by atoms with van der Waals surface area (Å²) in [6.45, 7) is 7.70. The van der Waals surface area contributed by atoms with E-state index in [1.807, 2.05) is 6.92 Å². The van der Waals surface area contributed by atoms with Crippen LogP contribution < -0.4 is 5.32 Å². The summed E-state index contributed by atoms with van der Waals surface area (Å²) in [4.78, 5) is 18.8. The second kappa shape index (κ2) is 5.34. The summed E-state index contributed by atoms with van der Waals surface area (Å²) >= 11 is 5.92.